The highest BCUT2D eigenvalue weighted by molar-refractivity contribution is 5.99. The first-order valence-electron chi connectivity index (χ1n) is 4.80. The van der Waals surface area contributed by atoms with Crippen LogP contribution in [0.4, 0.5) is 5.69 Å². The summed E-state index contributed by atoms with van der Waals surface area (Å²) in [6, 6.07) is 7.85. The van der Waals surface area contributed by atoms with Gasteiger partial charge in [-0.1, -0.05) is 6.07 Å². The maximum absolute atomic E-state index is 11.0. The molecular weight excluding hydrogens is 188 g/mol. The van der Waals surface area contributed by atoms with Gasteiger partial charge < -0.3 is 5.32 Å². The van der Waals surface area contributed by atoms with Crippen LogP contribution < -0.4 is 5.32 Å². The normalized spacial score (nSPS) is 10.3. The minimum absolute atomic E-state index is 0.0763. The highest BCUT2D eigenvalue weighted by atomic mass is 16.1. The Morgan fingerprint density at radius 3 is 2.93 bits per heavy atom. The Morgan fingerprint density at radius 2 is 2.20 bits per heavy atom. The van der Waals surface area contributed by atoms with E-state index in [4.69, 9.17) is 0 Å². The quantitative estimate of drug-likeness (QED) is 0.768. The lowest BCUT2D eigenvalue weighted by atomic mass is 10.1. The molecule has 1 N–H and O–H groups in total. The van der Waals surface area contributed by atoms with Crippen molar-refractivity contribution < 1.29 is 4.79 Å². The second-order valence-electron chi connectivity index (χ2n) is 3.57. The van der Waals surface area contributed by atoms with Gasteiger partial charge in [-0.25, -0.2) is 0 Å². The van der Waals surface area contributed by atoms with Crippen LogP contribution in [0.5, 0.6) is 0 Å². The zero-order valence-corrected chi connectivity index (χ0v) is 8.74. The molecule has 3 heteroatoms. The van der Waals surface area contributed by atoms with Crippen molar-refractivity contribution in [2.75, 3.05) is 5.32 Å². The molecule has 0 aliphatic carbocycles. The SMILES string of the molecule is CC(=O)Nc1cc(C)cc2cccnc12. The van der Waals surface area contributed by atoms with E-state index in [0.717, 1.165) is 22.2 Å². The number of nitrogens with one attached hydrogen (secondary N) is 1. The number of aryl methyl sites for hydroxylation is 1. The molecule has 0 aliphatic heterocycles. The highest BCUT2D eigenvalue weighted by Crippen LogP contribution is 2.22. The van der Waals surface area contributed by atoms with Crippen molar-refractivity contribution in [2.24, 2.45) is 0 Å². The van der Waals surface area contributed by atoms with Crippen LogP contribution in [-0.2, 0) is 4.79 Å². The minimum atomic E-state index is -0.0763. The monoisotopic (exact) mass is 200 g/mol. The molecule has 0 unspecified atom stereocenters. The first-order chi connectivity index (χ1) is 7.16. The van der Waals surface area contributed by atoms with Gasteiger partial charge in [-0.2, -0.15) is 0 Å². The van der Waals surface area contributed by atoms with E-state index in [2.05, 4.69) is 10.3 Å². The summed E-state index contributed by atoms with van der Waals surface area (Å²) >= 11 is 0. The summed E-state index contributed by atoms with van der Waals surface area (Å²) in [6.07, 6.45) is 1.73. The van der Waals surface area contributed by atoms with Crippen LogP contribution in [0.25, 0.3) is 10.9 Å². The second-order valence-corrected chi connectivity index (χ2v) is 3.57. The number of pyridine rings is 1. The van der Waals surface area contributed by atoms with Crippen LogP contribution in [0.15, 0.2) is 30.5 Å². The third-order valence-corrected chi connectivity index (χ3v) is 2.16. The molecule has 1 amide bonds. The Balaban J connectivity index is 2.65. The molecule has 0 bridgehead atoms. The molecule has 0 atom stereocenters. The van der Waals surface area contributed by atoms with Crippen LogP contribution in [0.3, 0.4) is 0 Å². The second kappa shape index (κ2) is 3.69. The standard InChI is InChI=1S/C12H12N2O/c1-8-6-10-4-3-5-13-12(10)11(7-8)14-9(2)15/h3-7H,1-2H3,(H,14,15). The molecule has 0 saturated heterocycles. The molecule has 0 radical (unpaired) electrons. The molecule has 0 aliphatic rings. The van der Waals surface area contributed by atoms with Gasteiger partial charge in [0.15, 0.2) is 0 Å². The number of nitrogens with zero attached hydrogens (tertiary/aromatic N) is 1. The summed E-state index contributed by atoms with van der Waals surface area (Å²) < 4.78 is 0. The average Bonchev–Trinajstić information content (AvgIpc) is 2.16. The Kier molecular flexibility index (Phi) is 2.37. The fourth-order valence-corrected chi connectivity index (χ4v) is 1.63. The van der Waals surface area contributed by atoms with Crippen molar-refractivity contribution in [3.05, 3.63) is 36.0 Å². The Labute approximate surface area is 88.1 Å². The average molecular weight is 200 g/mol. The molecule has 0 saturated carbocycles. The van der Waals surface area contributed by atoms with E-state index in [1.807, 2.05) is 31.2 Å². The van der Waals surface area contributed by atoms with Crippen LogP contribution in [0.2, 0.25) is 0 Å². The number of hydrogen-bond acceptors (Lipinski definition) is 2. The van der Waals surface area contributed by atoms with Gasteiger partial charge in [-0.05, 0) is 30.7 Å². The molecule has 3 nitrogen and oxygen atoms in total. The van der Waals surface area contributed by atoms with Crippen LogP contribution in [0, 0.1) is 6.92 Å². The molecule has 1 heterocycles. The summed E-state index contributed by atoms with van der Waals surface area (Å²) in [5, 5.41) is 3.83. The predicted molar refractivity (Wildman–Crippen MR) is 60.8 cm³/mol. The molecule has 15 heavy (non-hydrogen) atoms. The zero-order valence-electron chi connectivity index (χ0n) is 8.74. The molecular formula is C12H12N2O. The smallest absolute Gasteiger partial charge is 0.221 e. The predicted octanol–water partition coefficient (Wildman–Crippen LogP) is 2.50. The fraction of sp³-hybridized carbons (Fsp3) is 0.167. The molecule has 2 rings (SSSR count). The van der Waals surface area contributed by atoms with Gasteiger partial charge in [0.05, 0.1) is 11.2 Å². The summed E-state index contributed by atoms with van der Waals surface area (Å²) in [4.78, 5) is 15.3. The fourth-order valence-electron chi connectivity index (χ4n) is 1.63. The molecule has 0 fully saturated rings. The summed E-state index contributed by atoms with van der Waals surface area (Å²) in [6.45, 7) is 3.49. The van der Waals surface area contributed by atoms with Gasteiger partial charge in [0.2, 0.25) is 5.91 Å². The lowest BCUT2D eigenvalue weighted by molar-refractivity contribution is -0.114. The lowest BCUT2D eigenvalue weighted by Gasteiger charge is -2.07. The van der Waals surface area contributed by atoms with Gasteiger partial charge in [-0.15, -0.1) is 0 Å². The summed E-state index contributed by atoms with van der Waals surface area (Å²) in [7, 11) is 0. The molecule has 76 valence electrons. The van der Waals surface area contributed by atoms with E-state index < -0.39 is 0 Å². The van der Waals surface area contributed by atoms with E-state index >= 15 is 0 Å². The number of carbonyl (C=O) groups excluding carboxylic acids is 1. The van der Waals surface area contributed by atoms with Crippen LogP contribution >= 0.6 is 0 Å². The first kappa shape index (κ1) is 9.65. The van der Waals surface area contributed by atoms with Gasteiger partial charge in [0, 0.05) is 18.5 Å². The van der Waals surface area contributed by atoms with E-state index in [-0.39, 0.29) is 5.91 Å². The molecule has 1 aromatic carbocycles. The Bertz CT molecular complexity index is 520. The van der Waals surface area contributed by atoms with Crippen molar-refractivity contribution in [1.82, 2.24) is 4.98 Å². The molecule has 1 aromatic heterocycles. The van der Waals surface area contributed by atoms with Gasteiger partial charge in [0.25, 0.3) is 0 Å². The number of fused-ring (bicyclic) bond motifs is 1. The number of amides is 1. The van der Waals surface area contributed by atoms with Gasteiger partial charge in [-0.3, -0.25) is 9.78 Å². The van der Waals surface area contributed by atoms with Crippen molar-refractivity contribution in [1.29, 1.82) is 0 Å². The van der Waals surface area contributed by atoms with E-state index in [1.54, 1.807) is 6.20 Å². The third-order valence-electron chi connectivity index (χ3n) is 2.16. The first-order valence-corrected chi connectivity index (χ1v) is 4.80. The van der Waals surface area contributed by atoms with Gasteiger partial charge >= 0.3 is 0 Å². The maximum atomic E-state index is 11.0. The third kappa shape index (κ3) is 1.96. The number of hydrogen-bond donors (Lipinski definition) is 1. The lowest BCUT2D eigenvalue weighted by Crippen LogP contribution is -2.06. The van der Waals surface area contributed by atoms with Crippen molar-refractivity contribution in [3.63, 3.8) is 0 Å². The van der Waals surface area contributed by atoms with Crippen LogP contribution in [-0.4, -0.2) is 10.9 Å². The maximum Gasteiger partial charge on any atom is 0.221 e. The summed E-state index contributed by atoms with van der Waals surface area (Å²) in [5.74, 6) is -0.0763. The topological polar surface area (TPSA) is 42.0 Å². The van der Waals surface area contributed by atoms with E-state index in [9.17, 15) is 4.79 Å². The molecule has 0 spiro atoms. The van der Waals surface area contributed by atoms with Crippen molar-refractivity contribution >= 4 is 22.5 Å². The van der Waals surface area contributed by atoms with Crippen LogP contribution in [0.1, 0.15) is 12.5 Å². The number of benzene rings is 1. The minimum Gasteiger partial charge on any atom is -0.324 e. The Hall–Kier alpha value is -1.90. The number of rotatable bonds is 1. The highest BCUT2D eigenvalue weighted by Gasteiger charge is 2.04. The van der Waals surface area contributed by atoms with Gasteiger partial charge in [0.1, 0.15) is 0 Å². The Morgan fingerprint density at radius 1 is 1.40 bits per heavy atom. The zero-order chi connectivity index (χ0) is 10.8. The van der Waals surface area contributed by atoms with Crippen molar-refractivity contribution in [3.8, 4) is 0 Å². The number of anilines is 1. The number of carbonyl (C=O) groups is 1. The summed E-state index contributed by atoms with van der Waals surface area (Å²) in [5.41, 5.74) is 2.72. The van der Waals surface area contributed by atoms with Crippen molar-refractivity contribution in [2.45, 2.75) is 13.8 Å². The number of aromatic nitrogens is 1. The largest absolute Gasteiger partial charge is 0.324 e. The van der Waals surface area contributed by atoms with E-state index in [1.165, 1.54) is 6.92 Å². The van der Waals surface area contributed by atoms with E-state index in [0.29, 0.717) is 0 Å². The molecule has 2 aromatic rings.